The van der Waals surface area contributed by atoms with Crippen LogP contribution in [0.25, 0.3) is 0 Å². The highest BCUT2D eigenvalue weighted by molar-refractivity contribution is 4.84. The second kappa shape index (κ2) is 3.77. The van der Waals surface area contributed by atoms with E-state index in [0.29, 0.717) is 12.2 Å². The molecule has 1 heterocycles. The van der Waals surface area contributed by atoms with Gasteiger partial charge in [0.05, 0.1) is 12.2 Å². The monoisotopic (exact) mass is 139 g/mol. The summed E-state index contributed by atoms with van der Waals surface area (Å²) in [5, 5.41) is 0. The van der Waals surface area contributed by atoms with Crippen LogP contribution in [0.2, 0.25) is 0 Å². The van der Waals surface area contributed by atoms with Crippen molar-refractivity contribution in [1.82, 2.24) is 0 Å². The molecule has 0 bridgehead atoms. The van der Waals surface area contributed by atoms with E-state index >= 15 is 0 Å². The van der Waals surface area contributed by atoms with E-state index in [0.717, 1.165) is 12.8 Å². The van der Waals surface area contributed by atoms with Gasteiger partial charge >= 0.3 is 0 Å². The number of rotatable bonds is 5. The van der Waals surface area contributed by atoms with Crippen molar-refractivity contribution in [2.45, 2.75) is 44.8 Å². The second-order valence-corrected chi connectivity index (χ2v) is 2.79. The van der Waals surface area contributed by atoms with E-state index in [9.17, 15) is 0 Å². The molecule has 2 unspecified atom stereocenters. The van der Waals surface area contributed by atoms with Gasteiger partial charge < -0.3 is 4.74 Å². The van der Waals surface area contributed by atoms with E-state index in [1.54, 1.807) is 0 Å². The Labute approximate surface area is 63.1 Å². The number of allylic oxidation sites excluding steroid dienone is 1. The van der Waals surface area contributed by atoms with Crippen molar-refractivity contribution in [3.63, 3.8) is 0 Å². The summed E-state index contributed by atoms with van der Waals surface area (Å²) in [5.74, 6) is 0. The first-order chi connectivity index (χ1) is 4.88. The molecule has 1 aliphatic rings. The van der Waals surface area contributed by atoms with Crippen LogP contribution in [0, 0.1) is 6.08 Å². The minimum Gasteiger partial charge on any atom is -0.370 e. The van der Waals surface area contributed by atoms with Gasteiger partial charge in [0, 0.05) is 0 Å². The lowest BCUT2D eigenvalue weighted by atomic mass is 10.1. The first-order valence-electron chi connectivity index (χ1n) is 4.04. The van der Waals surface area contributed by atoms with Gasteiger partial charge in [-0.2, -0.15) is 0 Å². The number of epoxide rings is 1. The zero-order valence-electron chi connectivity index (χ0n) is 6.60. The van der Waals surface area contributed by atoms with Gasteiger partial charge in [-0.3, -0.25) is 0 Å². The highest BCUT2D eigenvalue weighted by atomic mass is 16.6. The Bertz CT molecular complexity index is 109. The molecule has 0 spiro atoms. The van der Waals surface area contributed by atoms with Crippen molar-refractivity contribution in [2.75, 3.05) is 0 Å². The molecule has 1 aliphatic heterocycles. The van der Waals surface area contributed by atoms with Crippen molar-refractivity contribution < 1.29 is 4.74 Å². The molecule has 57 valence electrons. The van der Waals surface area contributed by atoms with Crippen LogP contribution in [-0.4, -0.2) is 12.2 Å². The van der Waals surface area contributed by atoms with Crippen molar-refractivity contribution in [2.24, 2.45) is 0 Å². The summed E-state index contributed by atoms with van der Waals surface area (Å²) in [5.41, 5.74) is 0. The quantitative estimate of drug-likeness (QED) is 0.532. The Kier molecular flexibility index (Phi) is 2.94. The molecule has 0 N–H and O–H groups in total. The third-order valence-corrected chi connectivity index (χ3v) is 1.87. The molecule has 2 atom stereocenters. The molecular weight excluding hydrogens is 124 g/mol. The Morgan fingerprint density at radius 2 is 2.10 bits per heavy atom. The third-order valence-electron chi connectivity index (χ3n) is 1.87. The molecule has 1 rings (SSSR count). The van der Waals surface area contributed by atoms with Crippen molar-refractivity contribution >= 4 is 0 Å². The molecule has 0 amide bonds. The molecule has 10 heavy (non-hydrogen) atoms. The number of ether oxygens (including phenoxy) is 1. The highest BCUT2D eigenvalue weighted by Gasteiger charge is 2.36. The smallest absolute Gasteiger partial charge is 0.0845 e. The van der Waals surface area contributed by atoms with E-state index in [-0.39, 0.29) is 0 Å². The van der Waals surface area contributed by atoms with Gasteiger partial charge in [-0.05, 0) is 19.3 Å². The molecular formula is C9H15O. The Balaban J connectivity index is 1.96. The predicted octanol–water partition coefficient (Wildman–Crippen LogP) is 2.32. The standard InChI is InChI=1S/C9H15O/c1-3-5-7-9-8(10-9)6-4-2/h8-9H,1,4-7H2,2H3. The van der Waals surface area contributed by atoms with Crippen molar-refractivity contribution in [1.29, 1.82) is 0 Å². The predicted molar refractivity (Wildman–Crippen MR) is 41.7 cm³/mol. The topological polar surface area (TPSA) is 12.5 Å². The van der Waals surface area contributed by atoms with Crippen molar-refractivity contribution in [3.8, 4) is 0 Å². The maximum atomic E-state index is 5.39. The van der Waals surface area contributed by atoms with Crippen LogP contribution in [0.4, 0.5) is 0 Å². The lowest BCUT2D eigenvalue weighted by Gasteiger charge is -1.87. The van der Waals surface area contributed by atoms with Gasteiger partial charge in [0.25, 0.3) is 0 Å². The minimum atomic E-state index is 0.536. The van der Waals surface area contributed by atoms with Gasteiger partial charge in [-0.15, -0.1) is 0 Å². The second-order valence-electron chi connectivity index (χ2n) is 2.79. The summed E-state index contributed by atoms with van der Waals surface area (Å²) in [6.07, 6.45) is 8.53. The average Bonchev–Trinajstić information content (AvgIpc) is 2.65. The van der Waals surface area contributed by atoms with Crippen LogP contribution >= 0.6 is 0 Å². The van der Waals surface area contributed by atoms with E-state index in [1.807, 2.05) is 0 Å². The zero-order valence-corrected chi connectivity index (χ0v) is 6.60. The van der Waals surface area contributed by atoms with Crippen LogP contribution in [0.1, 0.15) is 32.6 Å². The molecule has 1 radical (unpaired) electrons. The van der Waals surface area contributed by atoms with Crippen LogP contribution < -0.4 is 0 Å². The van der Waals surface area contributed by atoms with Crippen LogP contribution in [-0.2, 0) is 4.74 Å². The summed E-state index contributed by atoms with van der Waals surface area (Å²) in [7, 11) is 0. The van der Waals surface area contributed by atoms with E-state index in [4.69, 9.17) is 4.74 Å². The molecule has 0 aromatic carbocycles. The van der Waals surface area contributed by atoms with E-state index < -0.39 is 0 Å². The first kappa shape index (κ1) is 7.80. The fraction of sp³-hybridized carbons (Fsp3) is 0.778. The van der Waals surface area contributed by atoms with Crippen LogP contribution in [0.15, 0.2) is 6.58 Å². The minimum absolute atomic E-state index is 0.536. The number of hydrogen-bond acceptors (Lipinski definition) is 1. The SMILES string of the molecule is C=[C]CCC1OC1CCC. The summed E-state index contributed by atoms with van der Waals surface area (Å²) in [6.45, 7) is 5.74. The summed E-state index contributed by atoms with van der Waals surface area (Å²) >= 11 is 0. The van der Waals surface area contributed by atoms with Gasteiger partial charge in [0.2, 0.25) is 0 Å². The van der Waals surface area contributed by atoms with E-state index in [2.05, 4.69) is 19.6 Å². The molecule has 1 saturated heterocycles. The largest absolute Gasteiger partial charge is 0.370 e. The first-order valence-corrected chi connectivity index (χ1v) is 4.04. The molecule has 1 nitrogen and oxygen atoms in total. The van der Waals surface area contributed by atoms with Crippen molar-refractivity contribution in [3.05, 3.63) is 12.7 Å². The van der Waals surface area contributed by atoms with Gasteiger partial charge in [-0.1, -0.05) is 26.0 Å². The van der Waals surface area contributed by atoms with Gasteiger partial charge in [0.15, 0.2) is 0 Å². The number of hydrogen-bond donors (Lipinski definition) is 0. The third kappa shape index (κ3) is 2.14. The molecule has 1 heteroatoms. The maximum absolute atomic E-state index is 5.39. The molecule has 0 aromatic rings. The van der Waals surface area contributed by atoms with Gasteiger partial charge in [-0.25, -0.2) is 0 Å². The van der Waals surface area contributed by atoms with Gasteiger partial charge in [0.1, 0.15) is 0 Å². The molecule has 0 aromatic heterocycles. The average molecular weight is 139 g/mol. The normalized spacial score (nSPS) is 30.1. The zero-order chi connectivity index (χ0) is 7.40. The summed E-state index contributed by atoms with van der Waals surface area (Å²) < 4.78 is 5.39. The Morgan fingerprint density at radius 3 is 2.70 bits per heavy atom. The fourth-order valence-electron chi connectivity index (χ4n) is 1.22. The Morgan fingerprint density at radius 1 is 1.40 bits per heavy atom. The summed E-state index contributed by atoms with van der Waals surface area (Å²) in [4.78, 5) is 0. The fourth-order valence-corrected chi connectivity index (χ4v) is 1.22. The summed E-state index contributed by atoms with van der Waals surface area (Å²) in [6, 6.07) is 0. The van der Waals surface area contributed by atoms with Crippen LogP contribution in [0.3, 0.4) is 0 Å². The molecule has 0 saturated carbocycles. The molecule has 1 fully saturated rings. The maximum Gasteiger partial charge on any atom is 0.0845 e. The van der Waals surface area contributed by atoms with Crippen LogP contribution in [0.5, 0.6) is 0 Å². The lowest BCUT2D eigenvalue weighted by molar-refractivity contribution is 0.355. The lowest BCUT2D eigenvalue weighted by Crippen LogP contribution is -1.92. The highest BCUT2D eigenvalue weighted by Crippen LogP contribution is 2.29. The Hall–Kier alpha value is -0.300. The molecule has 0 aliphatic carbocycles. The van der Waals surface area contributed by atoms with E-state index in [1.165, 1.54) is 12.8 Å².